The van der Waals surface area contributed by atoms with Gasteiger partial charge in [0.2, 0.25) is 0 Å². The minimum atomic E-state index is 0.222. The van der Waals surface area contributed by atoms with E-state index in [2.05, 4.69) is 43.4 Å². The second-order valence-corrected chi connectivity index (χ2v) is 4.21. The molecule has 0 saturated carbocycles. The first-order valence-corrected chi connectivity index (χ1v) is 6.26. The van der Waals surface area contributed by atoms with Gasteiger partial charge in [-0.2, -0.15) is 0 Å². The molecule has 90 valence electrons. The van der Waals surface area contributed by atoms with Crippen LogP contribution in [0.3, 0.4) is 0 Å². The molecule has 0 aliphatic carbocycles. The zero-order chi connectivity index (χ0) is 11.8. The summed E-state index contributed by atoms with van der Waals surface area (Å²) in [6.45, 7) is 4.66. The molecule has 0 amide bonds. The Morgan fingerprint density at radius 1 is 1.19 bits per heavy atom. The molecule has 2 heteroatoms. The van der Waals surface area contributed by atoms with Crippen molar-refractivity contribution in [3.63, 3.8) is 0 Å². The van der Waals surface area contributed by atoms with Crippen molar-refractivity contribution in [3.05, 3.63) is 29.8 Å². The molecule has 0 saturated heterocycles. The van der Waals surface area contributed by atoms with E-state index in [0.717, 1.165) is 12.8 Å². The third-order valence-electron chi connectivity index (χ3n) is 2.86. The lowest BCUT2D eigenvalue weighted by molar-refractivity contribution is 0.299. The average molecular weight is 221 g/mol. The number of rotatable bonds is 7. The summed E-state index contributed by atoms with van der Waals surface area (Å²) < 4.78 is 0. The highest BCUT2D eigenvalue weighted by Gasteiger charge is 2.04. The average Bonchev–Trinajstić information content (AvgIpc) is 2.31. The van der Waals surface area contributed by atoms with Crippen LogP contribution in [0.4, 0.5) is 5.69 Å². The molecule has 1 unspecified atom stereocenters. The summed E-state index contributed by atoms with van der Waals surface area (Å²) in [7, 11) is 0. The zero-order valence-electron chi connectivity index (χ0n) is 10.4. The molecule has 1 aromatic rings. The normalized spacial score (nSPS) is 12.4. The molecule has 2 nitrogen and oxygen atoms in total. The van der Waals surface area contributed by atoms with E-state index in [0.29, 0.717) is 6.04 Å². The molecule has 0 spiro atoms. The predicted molar refractivity (Wildman–Crippen MR) is 69.8 cm³/mol. The first-order chi connectivity index (χ1) is 7.80. The fourth-order valence-electron chi connectivity index (χ4n) is 1.86. The van der Waals surface area contributed by atoms with Gasteiger partial charge in [0.05, 0.1) is 0 Å². The van der Waals surface area contributed by atoms with Gasteiger partial charge in [0.1, 0.15) is 0 Å². The van der Waals surface area contributed by atoms with Crippen molar-refractivity contribution in [2.45, 2.75) is 45.6 Å². The van der Waals surface area contributed by atoms with Crippen LogP contribution in [0.15, 0.2) is 24.3 Å². The van der Waals surface area contributed by atoms with Crippen molar-refractivity contribution in [3.8, 4) is 0 Å². The quantitative estimate of drug-likeness (QED) is 0.741. The van der Waals surface area contributed by atoms with Crippen LogP contribution in [0.25, 0.3) is 0 Å². The lowest BCUT2D eigenvalue weighted by Crippen LogP contribution is -2.17. The van der Waals surface area contributed by atoms with Gasteiger partial charge in [-0.15, -0.1) is 0 Å². The van der Waals surface area contributed by atoms with E-state index in [4.69, 9.17) is 5.11 Å². The number of aliphatic hydroxyl groups is 1. The van der Waals surface area contributed by atoms with Gasteiger partial charge in [-0.3, -0.25) is 0 Å². The van der Waals surface area contributed by atoms with E-state index in [-0.39, 0.29) is 6.61 Å². The zero-order valence-corrected chi connectivity index (χ0v) is 10.4. The largest absolute Gasteiger partial charge is 0.396 e. The van der Waals surface area contributed by atoms with Crippen LogP contribution in [0.2, 0.25) is 0 Å². The molecular formula is C14H23NO. The molecule has 0 fully saturated rings. The van der Waals surface area contributed by atoms with Crippen LogP contribution in [0, 0.1) is 0 Å². The summed E-state index contributed by atoms with van der Waals surface area (Å²) in [6.07, 6.45) is 4.33. The van der Waals surface area contributed by atoms with E-state index in [1.54, 1.807) is 0 Å². The molecular weight excluding hydrogens is 198 g/mol. The molecule has 0 aromatic heterocycles. The van der Waals surface area contributed by atoms with Crippen molar-refractivity contribution in [1.29, 1.82) is 0 Å². The number of hydrogen-bond donors (Lipinski definition) is 2. The van der Waals surface area contributed by atoms with Crippen molar-refractivity contribution < 1.29 is 5.11 Å². The molecule has 1 aromatic carbocycles. The van der Waals surface area contributed by atoms with Crippen LogP contribution in [0.1, 0.15) is 38.7 Å². The SMILES string of the molecule is CCCC(CC)Nc1ccc(CCO)cc1. The van der Waals surface area contributed by atoms with Gasteiger partial charge < -0.3 is 10.4 Å². The monoisotopic (exact) mass is 221 g/mol. The molecule has 0 aliphatic rings. The summed E-state index contributed by atoms with van der Waals surface area (Å²) in [5.74, 6) is 0. The standard InChI is InChI=1S/C14H23NO/c1-3-5-13(4-2)15-14-8-6-12(7-9-14)10-11-16/h6-9,13,15-16H,3-5,10-11H2,1-2H3. The minimum absolute atomic E-state index is 0.222. The van der Waals surface area contributed by atoms with Crippen molar-refractivity contribution >= 4 is 5.69 Å². The summed E-state index contributed by atoms with van der Waals surface area (Å²) in [5.41, 5.74) is 2.37. The lowest BCUT2D eigenvalue weighted by Gasteiger charge is -2.17. The maximum Gasteiger partial charge on any atom is 0.0471 e. The van der Waals surface area contributed by atoms with Crippen LogP contribution >= 0.6 is 0 Å². The first-order valence-electron chi connectivity index (χ1n) is 6.26. The molecule has 0 radical (unpaired) electrons. The minimum Gasteiger partial charge on any atom is -0.396 e. The van der Waals surface area contributed by atoms with Gasteiger partial charge in [0, 0.05) is 18.3 Å². The molecule has 0 heterocycles. The Morgan fingerprint density at radius 2 is 1.88 bits per heavy atom. The number of anilines is 1. The van der Waals surface area contributed by atoms with Crippen LogP contribution in [-0.4, -0.2) is 17.8 Å². The van der Waals surface area contributed by atoms with Crippen molar-refractivity contribution in [2.24, 2.45) is 0 Å². The summed E-state index contributed by atoms with van der Waals surface area (Å²) in [6, 6.07) is 8.94. The fraction of sp³-hybridized carbons (Fsp3) is 0.571. The van der Waals surface area contributed by atoms with Crippen molar-refractivity contribution in [2.75, 3.05) is 11.9 Å². The third-order valence-corrected chi connectivity index (χ3v) is 2.86. The predicted octanol–water partition coefficient (Wildman–Crippen LogP) is 3.21. The van der Waals surface area contributed by atoms with Gasteiger partial charge >= 0.3 is 0 Å². The number of nitrogens with one attached hydrogen (secondary N) is 1. The molecule has 2 N–H and O–H groups in total. The summed E-state index contributed by atoms with van der Waals surface area (Å²) >= 11 is 0. The van der Waals surface area contributed by atoms with E-state index < -0.39 is 0 Å². The second kappa shape index (κ2) is 7.29. The van der Waals surface area contributed by atoms with E-state index in [1.807, 2.05) is 0 Å². The summed E-state index contributed by atoms with van der Waals surface area (Å²) in [4.78, 5) is 0. The van der Waals surface area contributed by atoms with Gasteiger partial charge in [0.25, 0.3) is 0 Å². The Kier molecular flexibility index (Phi) is 5.94. The van der Waals surface area contributed by atoms with E-state index >= 15 is 0 Å². The fourth-order valence-corrected chi connectivity index (χ4v) is 1.86. The maximum absolute atomic E-state index is 8.83. The van der Waals surface area contributed by atoms with Gasteiger partial charge in [-0.25, -0.2) is 0 Å². The van der Waals surface area contributed by atoms with Crippen LogP contribution in [0.5, 0.6) is 0 Å². The Morgan fingerprint density at radius 3 is 2.38 bits per heavy atom. The highest BCUT2D eigenvalue weighted by atomic mass is 16.2. The highest BCUT2D eigenvalue weighted by molar-refractivity contribution is 5.45. The smallest absolute Gasteiger partial charge is 0.0471 e. The number of aliphatic hydroxyl groups excluding tert-OH is 1. The number of hydrogen-bond acceptors (Lipinski definition) is 2. The Bertz CT molecular complexity index is 281. The molecule has 16 heavy (non-hydrogen) atoms. The van der Waals surface area contributed by atoms with Gasteiger partial charge in [-0.05, 0) is 37.0 Å². The maximum atomic E-state index is 8.83. The lowest BCUT2D eigenvalue weighted by atomic mass is 10.1. The topological polar surface area (TPSA) is 32.3 Å². The second-order valence-electron chi connectivity index (χ2n) is 4.21. The molecule has 1 rings (SSSR count). The molecule has 1 atom stereocenters. The van der Waals surface area contributed by atoms with Crippen LogP contribution in [-0.2, 0) is 6.42 Å². The van der Waals surface area contributed by atoms with E-state index in [9.17, 15) is 0 Å². The molecule has 0 bridgehead atoms. The summed E-state index contributed by atoms with van der Waals surface area (Å²) in [5, 5.41) is 12.4. The Hall–Kier alpha value is -1.02. The van der Waals surface area contributed by atoms with Gasteiger partial charge in [-0.1, -0.05) is 32.4 Å². The highest BCUT2D eigenvalue weighted by Crippen LogP contribution is 2.14. The third kappa shape index (κ3) is 4.23. The number of benzene rings is 1. The van der Waals surface area contributed by atoms with E-state index in [1.165, 1.54) is 24.1 Å². The van der Waals surface area contributed by atoms with Crippen LogP contribution < -0.4 is 5.32 Å². The molecule has 0 aliphatic heterocycles. The van der Waals surface area contributed by atoms with Crippen molar-refractivity contribution in [1.82, 2.24) is 0 Å². The first kappa shape index (κ1) is 13.0. The Balaban J connectivity index is 2.53. The van der Waals surface area contributed by atoms with Gasteiger partial charge in [0.15, 0.2) is 0 Å². The Labute approximate surface area is 98.7 Å².